The van der Waals surface area contributed by atoms with E-state index in [0.717, 1.165) is 17.8 Å². The molecule has 0 saturated carbocycles. The minimum absolute atomic E-state index is 0.772. The highest BCUT2D eigenvalue weighted by molar-refractivity contribution is 6.15. The smallest absolute Gasteiger partial charge is 0.0654 e. The van der Waals surface area contributed by atoms with Crippen LogP contribution in [0.25, 0.3) is 11.1 Å². The normalized spacial score (nSPS) is 13.4. The van der Waals surface area contributed by atoms with Gasteiger partial charge in [-0.1, -0.05) is 93.3 Å². The van der Waals surface area contributed by atoms with Crippen molar-refractivity contribution in [3.63, 3.8) is 0 Å². The predicted octanol–water partition coefficient (Wildman–Crippen LogP) is 7.12. The second-order valence-corrected chi connectivity index (χ2v) is 7.59. The van der Waals surface area contributed by atoms with Gasteiger partial charge in [-0.25, -0.2) is 0 Å². The molecule has 0 unspecified atom stereocenters. The summed E-state index contributed by atoms with van der Waals surface area (Å²) in [7, 11) is 0. The Kier molecular flexibility index (Phi) is 6.81. The molecular formula is C26H31N. The highest BCUT2D eigenvalue weighted by atomic mass is 14.8. The molecule has 3 rings (SSSR count). The van der Waals surface area contributed by atoms with Crippen LogP contribution in [0.15, 0.2) is 66.2 Å². The first kappa shape index (κ1) is 19.4. The molecule has 1 aliphatic rings. The van der Waals surface area contributed by atoms with Gasteiger partial charge in [-0.15, -0.1) is 0 Å². The van der Waals surface area contributed by atoms with Crippen molar-refractivity contribution in [1.29, 1.82) is 0 Å². The lowest BCUT2D eigenvalue weighted by Gasteiger charge is -2.05. The van der Waals surface area contributed by atoms with Gasteiger partial charge in [0.2, 0.25) is 0 Å². The lowest BCUT2D eigenvalue weighted by atomic mass is 9.99. The standard InChI is InChI=1S/C26H31N/c1-4-5-6-7-8-9-21-10-12-23(13-11-21)25-18-26(27-19-25)24-16-14-22(15-17-24)20(2)3/h10-18H,2,4-9,19H2,1,3H3. The molecule has 1 aliphatic heterocycles. The Labute approximate surface area is 164 Å². The Bertz CT molecular complexity index is 820. The van der Waals surface area contributed by atoms with Crippen LogP contribution in [-0.2, 0) is 6.42 Å². The largest absolute Gasteiger partial charge is 0.280 e. The van der Waals surface area contributed by atoms with Crippen LogP contribution in [0.3, 0.4) is 0 Å². The van der Waals surface area contributed by atoms with Crippen molar-refractivity contribution in [2.24, 2.45) is 4.99 Å². The highest BCUT2D eigenvalue weighted by Gasteiger charge is 2.12. The van der Waals surface area contributed by atoms with E-state index in [-0.39, 0.29) is 0 Å². The monoisotopic (exact) mass is 357 g/mol. The second-order valence-electron chi connectivity index (χ2n) is 7.59. The summed E-state index contributed by atoms with van der Waals surface area (Å²) in [5.41, 5.74) is 8.59. The summed E-state index contributed by atoms with van der Waals surface area (Å²) in [5.74, 6) is 0. The molecular weight excluding hydrogens is 326 g/mol. The Balaban J connectivity index is 1.59. The van der Waals surface area contributed by atoms with Crippen molar-refractivity contribution < 1.29 is 0 Å². The van der Waals surface area contributed by atoms with E-state index in [1.54, 1.807) is 0 Å². The van der Waals surface area contributed by atoms with Gasteiger partial charge in [0.05, 0.1) is 12.3 Å². The number of rotatable bonds is 9. The number of unbranched alkanes of at least 4 members (excludes halogenated alkanes) is 4. The molecule has 0 spiro atoms. The van der Waals surface area contributed by atoms with Crippen LogP contribution in [-0.4, -0.2) is 12.3 Å². The molecule has 0 fully saturated rings. The van der Waals surface area contributed by atoms with E-state index in [4.69, 9.17) is 4.99 Å². The summed E-state index contributed by atoms with van der Waals surface area (Å²) < 4.78 is 0. The molecule has 0 amide bonds. The van der Waals surface area contributed by atoms with Crippen molar-refractivity contribution in [2.45, 2.75) is 52.4 Å². The highest BCUT2D eigenvalue weighted by Crippen LogP contribution is 2.23. The van der Waals surface area contributed by atoms with Gasteiger partial charge < -0.3 is 0 Å². The molecule has 0 radical (unpaired) electrons. The molecule has 1 nitrogen and oxygen atoms in total. The summed E-state index contributed by atoms with van der Waals surface area (Å²) in [6, 6.07) is 17.6. The molecule has 2 aromatic rings. The van der Waals surface area contributed by atoms with E-state index < -0.39 is 0 Å². The maximum atomic E-state index is 4.74. The molecule has 1 heterocycles. The molecule has 0 aliphatic carbocycles. The summed E-state index contributed by atoms with van der Waals surface area (Å²) in [4.78, 5) is 4.74. The van der Waals surface area contributed by atoms with Crippen LogP contribution in [0, 0.1) is 0 Å². The molecule has 0 N–H and O–H groups in total. The number of aliphatic imine (C=N–C) groups is 1. The van der Waals surface area contributed by atoms with Crippen molar-refractivity contribution in [1.82, 2.24) is 0 Å². The number of aryl methyl sites for hydroxylation is 1. The minimum Gasteiger partial charge on any atom is -0.280 e. The maximum Gasteiger partial charge on any atom is 0.0654 e. The third-order valence-electron chi connectivity index (χ3n) is 5.30. The number of hydrogen-bond donors (Lipinski definition) is 0. The average Bonchev–Trinajstić information content (AvgIpc) is 3.18. The minimum atomic E-state index is 0.772. The number of benzene rings is 2. The summed E-state index contributed by atoms with van der Waals surface area (Å²) in [5, 5.41) is 0. The Morgan fingerprint density at radius 2 is 1.56 bits per heavy atom. The van der Waals surface area contributed by atoms with Gasteiger partial charge in [-0.2, -0.15) is 0 Å². The zero-order valence-electron chi connectivity index (χ0n) is 16.8. The van der Waals surface area contributed by atoms with Crippen LogP contribution < -0.4 is 0 Å². The van der Waals surface area contributed by atoms with Crippen LogP contribution in [0.2, 0.25) is 0 Å². The van der Waals surface area contributed by atoms with Gasteiger partial charge in [0.25, 0.3) is 0 Å². The van der Waals surface area contributed by atoms with Gasteiger partial charge in [0.1, 0.15) is 0 Å². The SMILES string of the molecule is C=C(C)c1ccc(C2=NCC(c3ccc(CCCCCCC)cc3)=C2)cc1. The molecule has 0 saturated heterocycles. The molecule has 0 atom stereocenters. The van der Waals surface area contributed by atoms with Gasteiger partial charge >= 0.3 is 0 Å². The first-order valence-electron chi connectivity index (χ1n) is 10.3. The van der Waals surface area contributed by atoms with E-state index in [2.05, 4.69) is 68.1 Å². The van der Waals surface area contributed by atoms with E-state index in [9.17, 15) is 0 Å². The zero-order chi connectivity index (χ0) is 19.1. The van der Waals surface area contributed by atoms with E-state index in [1.165, 1.54) is 66.4 Å². The van der Waals surface area contributed by atoms with Gasteiger partial charge in [-0.3, -0.25) is 4.99 Å². The van der Waals surface area contributed by atoms with Gasteiger partial charge in [0, 0.05) is 0 Å². The second kappa shape index (κ2) is 9.50. The van der Waals surface area contributed by atoms with Crippen molar-refractivity contribution in [2.75, 3.05) is 6.54 Å². The number of nitrogens with zero attached hydrogens (tertiary/aromatic N) is 1. The summed E-state index contributed by atoms with van der Waals surface area (Å²) >= 11 is 0. The quantitative estimate of drug-likeness (QED) is 0.424. The molecule has 2 aromatic carbocycles. The molecule has 0 aromatic heterocycles. The number of hydrogen-bond acceptors (Lipinski definition) is 1. The van der Waals surface area contributed by atoms with Crippen molar-refractivity contribution in [3.8, 4) is 0 Å². The fourth-order valence-corrected chi connectivity index (χ4v) is 3.52. The lowest BCUT2D eigenvalue weighted by Crippen LogP contribution is -1.94. The first-order valence-corrected chi connectivity index (χ1v) is 10.3. The molecule has 0 bridgehead atoms. The van der Waals surface area contributed by atoms with Crippen LogP contribution in [0.4, 0.5) is 0 Å². The molecule has 1 heteroatoms. The topological polar surface area (TPSA) is 12.4 Å². The van der Waals surface area contributed by atoms with E-state index >= 15 is 0 Å². The third kappa shape index (κ3) is 5.29. The number of allylic oxidation sites excluding steroid dienone is 2. The zero-order valence-corrected chi connectivity index (χ0v) is 16.8. The fourth-order valence-electron chi connectivity index (χ4n) is 3.52. The Morgan fingerprint density at radius 3 is 2.22 bits per heavy atom. The third-order valence-corrected chi connectivity index (χ3v) is 5.30. The Hall–Kier alpha value is -2.41. The predicted molar refractivity (Wildman–Crippen MR) is 119 cm³/mol. The van der Waals surface area contributed by atoms with Crippen LogP contribution in [0.5, 0.6) is 0 Å². The Morgan fingerprint density at radius 1 is 0.889 bits per heavy atom. The lowest BCUT2D eigenvalue weighted by molar-refractivity contribution is 0.632. The van der Waals surface area contributed by atoms with E-state index in [0.29, 0.717) is 0 Å². The molecule has 140 valence electrons. The average molecular weight is 358 g/mol. The summed E-state index contributed by atoms with van der Waals surface area (Å²) in [6.07, 6.45) is 10.1. The van der Waals surface area contributed by atoms with Gasteiger partial charge in [-0.05, 0) is 53.7 Å². The fraction of sp³-hybridized carbons (Fsp3) is 0.346. The summed E-state index contributed by atoms with van der Waals surface area (Å²) in [6.45, 7) is 9.08. The van der Waals surface area contributed by atoms with E-state index in [1.807, 2.05) is 6.92 Å². The van der Waals surface area contributed by atoms with Crippen molar-refractivity contribution in [3.05, 3.63) is 83.4 Å². The van der Waals surface area contributed by atoms with Crippen LogP contribution >= 0.6 is 0 Å². The molecule has 27 heavy (non-hydrogen) atoms. The van der Waals surface area contributed by atoms with Crippen LogP contribution in [0.1, 0.15) is 68.2 Å². The van der Waals surface area contributed by atoms with Gasteiger partial charge in [0.15, 0.2) is 0 Å². The first-order chi connectivity index (χ1) is 13.2. The van der Waals surface area contributed by atoms with Crippen molar-refractivity contribution >= 4 is 16.9 Å². The maximum absolute atomic E-state index is 4.74.